The molecule has 0 atom stereocenters. The van der Waals surface area contributed by atoms with Gasteiger partial charge in [0.2, 0.25) is 5.88 Å². The monoisotopic (exact) mass is 254 g/mol. The highest BCUT2D eigenvalue weighted by Crippen LogP contribution is 2.15. The molecule has 1 aromatic heterocycles. The first-order valence-corrected chi connectivity index (χ1v) is 5.34. The Kier molecular flexibility index (Phi) is 3.59. The fourth-order valence-electron chi connectivity index (χ4n) is 1.18. The zero-order valence-electron chi connectivity index (χ0n) is 8.23. The Hall–Kier alpha value is -1.32. The standard InChI is InChI=1S/C11H8Cl2N2O/c12-9-3-1-2-8(4-9)6-16-11-5-10(13)14-7-15-11/h1-5,7H,6H2. The molecule has 0 aliphatic carbocycles. The van der Waals surface area contributed by atoms with Gasteiger partial charge in [-0.3, -0.25) is 0 Å². The van der Waals surface area contributed by atoms with Gasteiger partial charge in [-0.1, -0.05) is 35.3 Å². The molecule has 0 N–H and O–H groups in total. The summed E-state index contributed by atoms with van der Waals surface area (Å²) in [6.45, 7) is 0.397. The molecule has 0 aliphatic rings. The van der Waals surface area contributed by atoms with Gasteiger partial charge in [-0.15, -0.1) is 0 Å². The summed E-state index contributed by atoms with van der Waals surface area (Å²) in [7, 11) is 0. The van der Waals surface area contributed by atoms with E-state index in [1.165, 1.54) is 6.33 Å². The van der Waals surface area contributed by atoms with Crippen LogP contribution in [0.4, 0.5) is 0 Å². The number of ether oxygens (including phenoxy) is 1. The van der Waals surface area contributed by atoms with E-state index in [0.717, 1.165) is 5.56 Å². The largest absolute Gasteiger partial charge is 0.473 e. The van der Waals surface area contributed by atoms with Crippen LogP contribution in [0.1, 0.15) is 5.56 Å². The molecule has 2 aromatic rings. The van der Waals surface area contributed by atoms with Crippen molar-refractivity contribution in [2.24, 2.45) is 0 Å². The van der Waals surface area contributed by atoms with Crippen molar-refractivity contribution in [3.05, 3.63) is 52.4 Å². The number of nitrogens with zero attached hydrogens (tertiary/aromatic N) is 2. The van der Waals surface area contributed by atoms with Gasteiger partial charge in [-0.25, -0.2) is 9.97 Å². The molecule has 5 heteroatoms. The maximum Gasteiger partial charge on any atom is 0.218 e. The third-order valence-corrected chi connectivity index (χ3v) is 2.33. The predicted molar refractivity (Wildman–Crippen MR) is 62.8 cm³/mol. The Morgan fingerprint density at radius 2 is 2.00 bits per heavy atom. The molecular weight excluding hydrogens is 247 g/mol. The molecule has 0 spiro atoms. The molecular formula is C11H8Cl2N2O. The van der Waals surface area contributed by atoms with Crippen LogP contribution < -0.4 is 4.74 Å². The summed E-state index contributed by atoms with van der Waals surface area (Å²) in [6.07, 6.45) is 1.36. The third kappa shape index (κ3) is 3.08. The fraction of sp³-hybridized carbons (Fsp3) is 0.0909. The van der Waals surface area contributed by atoms with Crippen LogP contribution in [0.5, 0.6) is 5.88 Å². The van der Waals surface area contributed by atoms with Gasteiger partial charge >= 0.3 is 0 Å². The summed E-state index contributed by atoms with van der Waals surface area (Å²) < 4.78 is 5.43. The van der Waals surface area contributed by atoms with E-state index < -0.39 is 0 Å². The van der Waals surface area contributed by atoms with Crippen LogP contribution in [0, 0.1) is 0 Å². The zero-order chi connectivity index (χ0) is 11.4. The molecule has 0 radical (unpaired) electrons. The summed E-state index contributed by atoms with van der Waals surface area (Å²) in [6, 6.07) is 9.01. The van der Waals surface area contributed by atoms with Crippen LogP contribution >= 0.6 is 23.2 Å². The topological polar surface area (TPSA) is 35.0 Å². The Morgan fingerprint density at radius 3 is 2.75 bits per heavy atom. The van der Waals surface area contributed by atoms with Crippen molar-refractivity contribution in [3.63, 3.8) is 0 Å². The zero-order valence-corrected chi connectivity index (χ0v) is 9.74. The van der Waals surface area contributed by atoms with Crippen LogP contribution in [0.3, 0.4) is 0 Å². The third-order valence-electron chi connectivity index (χ3n) is 1.88. The van der Waals surface area contributed by atoms with E-state index in [0.29, 0.717) is 22.7 Å². The average molecular weight is 255 g/mol. The molecule has 0 amide bonds. The van der Waals surface area contributed by atoms with Crippen LogP contribution in [0.15, 0.2) is 36.7 Å². The van der Waals surface area contributed by atoms with Crippen molar-refractivity contribution in [1.82, 2.24) is 9.97 Å². The van der Waals surface area contributed by atoms with Gasteiger partial charge < -0.3 is 4.74 Å². The molecule has 82 valence electrons. The maximum atomic E-state index is 5.85. The Morgan fingerprint density at radius 1 is 1.12 bits per heavy atom. The van der Waals surface area contributed by atoms with E-state index in [2.05, 4.69) is 9.97 Å². The highest BCUT2D eigenvalue weighted by Gasteiger charge is 1.99. The Bertz CT molecular complexity index is 445. The van der Waals surface area contributed by atoms with Crippen molar-refractivity contribution in [3.8, 4) is 5.88 Å². The van der Waals surface area contributed by atoms with Crippen molar-refractivity contribution in [1.29, 1.82) is 0 Å². The van der Waals surface area contributed by atoms with E-state index in [-0.39, 0.29) is 0 Å². The molecule has 0 unspecified atom stereocenters. The lowest BCUT2D eigenvalue weighted by molar-refractivity contribution is 0.293. The van der Waals surface area contributed by atoms with E-state index in [1.54, 1.807) is 6.07 Å². The number of hydrogen-bond acceptors (Lipinski definition) is 3. The average Bonchev–Trinajstić information content (AvgIpc) is 2.27. The van der Waals surface area contributed by atoms with Crippen molar-refractivity contribution in [2.75, 3.05) is 0 Å². The highest BCUT2D eigenvalue weighted by molar-refractivity contribution is 6.30. The van der Waals surface area contributed by atoms with Gasteiger partial charge in [0.1, 0.15) is 18.1 Å². The van der Waals surface area contributed by atoms with Crippen LogP contribution in [0.2, 0.25) is 10.2 Å². The number of aromatic nitrogens is 2. The molecule has 1 heterocycles. The van der Waals surface area contributed by atoms with E-state index in [4.69, 9.17) is 27.9 Å². The summed E-state index contributed by atoms with van der Waals surface area (Å²) >= 11 is 11.5. The van der Waals surface area contributed by atoms with Gasteiger partial charge in [0.05, 0.1) is 0 Å². The minimum absolute atomic E-state index is 0.357. The highest BCUT2D eigenvalue weighted by atomic mass is 35.5. The molecule has 2 rings (SSSR count). The second-order valence-corrected chi connectivity index (χ2v) is 3.92. The Balaban J connectivity index is 2.02. The second-order valence-electron chi connectivity index (χ2n) is 3.10. The van der Waals surface area contributed by atoms with E-state index in [1.807, 2.05) is 24.3 Å². The number of halogens is 2. The molecule has 1 aromatic carbocycles. The summed E-state index contributed by atoms with van der Waals surface area (Å²) in [5.41, 5.74) is 0.974. The first-order valence-electron chi connectivity index (χ1n) is 4.59. The lowest BCUT2D eigenvalue weighted by atomic mass is 10.2. The molecule has 0 saturated heterocycles. The molecule has 0 bridgehead atoms. The van der Waals surface area contributed by atoms with Gasteiger partial charge in [-0.05, 0) is 17.7 Å². The van der Waals surface area contributed by atoms with Crippen molar-refractivity contribution < 1.29 is 4.74 Å². The van der Waals surface area contributed by atoms with Crippen LogP contribution in [-0.4, -0.2) is 9.97 Å². The minimum atomic E-state index is 0.357. The lowest BCUT2D eigenvalue weighted by Crippen LogP contribution is -1.97. The predicted octanol–water partition coefficient (Wildman–Crippen LogP) is 3.36. The van der Waals surface area contributed by atoms with Crippen LogP contribution in [0.25, 0.3) is 0 Å². The van der Waals surface area contributed by atoms with Gasteiger partial charge in [0, 0.05) is 11.1 Å². The van der Waals surface area contributed by atoms with Crippen molar-refractivity contribution in [2.45, 2.75) is 6.61 Å². The quantitative estimate of drug-likeness (QED) is 0.789. The maximum absolute atomic E-state index is 5.85. The first-order chi connectivity index (χ1) is 7.74. The smallest absolute Gasteiger partial charge is 0.218 e. The fourth-order valence-corrected chi connectivity index (χ4v) is 1.53. The Labute approximate surface area is 103 Å². The number of hydrogen-bond donors (Lipinski definition) is 0. The summed E-state index contributed by atoms with van der Waals surface area (Å²) in [5.74, 6) is 0.444. The number of rotatable bonds is 3. The molecule has 0 fully saturated rings. The van der Waals surface area contributed by atoms with E-state index >= 15 is 0 Å². The van der Waals surface area contributed by atoms with Crippen LogP contribution in [-0.2, 0) is 6.61 Å². The summed E-state index contributed by atoms with van der Waals surface area (Å²) in [5, 5.41) is 1.04. The molecule has 16 heavy (non-hydrogen) atoms. The summed E-state index contributed by atoms with van der Waals surface area (Å²) in [4.78, 5) is 7.69. The molecule has 0 aliphatic heterocycles. The SMILES string of the molecule is Clc1cccc(COc2cc(Cl)ncn2)c1. The first kappa shape index (κ1) is 11.2. The van der Waals surface area contributed by atoms with E-state index in [9.17, 15) is 0 Å². The van der Waals surface area contributed by atoms with Gasteiger partial charge in [0.25, 0.3) is 0 Å². The van der Waals surface area contributed by atoms with Gasteiger partial charge in [-0.2, -0.15) is 0 Å². The normalized spacial score (nSPS) is 10.1. The second kappa shape index (κ2) is 5.14. The van der Waals surface area contributed by atoms with Crippen molar-refractivity contribution >= 4 is 23.2 Å². The minimum Gasteiger partial charge on any atom is -0.473 e. The molecule has 0 saturated carbocycles. The lowest BCUT2D eigenvalue weighted by Gasteiger charge is -2.05. The molecule has 3 nitrogen and oxygen atoms in total. The van der Waals surface area contributed by atoms with Gasteiger partial charge in [0.15, 0.2) is 0 Å². The number of benzene rings is 1.